The minimum absolute atomic E-state index is 0.104. The molecule has 7 heteroatoms. The Hall–Kier alpha value is -2.02. The van der Waals surface area contributed by atoms with E-state index in [4.69, 9.17) is 5.11 Å². The lowest BCUT2D eigenvalue weighted by atomic mass is 10.1. The zero-order valence-corrected chi connectivity index (χ0v) is 12.4. The highest BCUT2D eigenvalue weighted by molar-refractivity contribution is 8.00. The predicted molar refractivity (Wildman–Crippen MR) is 79.6 cm³/mol. The number of carboxylic acids is 1. The van der Waals surface area contributed by atoms with Gasteiger partial charge in [0.15, 0.2) is 0 Å². The summed E-state index contributed by atoms with van der Waals surface area (Å²) in [5.74, 6) is -1.13. The molecule has 21 heavy (non-hydrogen) atoms. The first-order valence-electron chi connectivity index (χ1n) is 6.59. The fraction of sp³-hybridized carbons (Fsp3) is 0.357. The summed E-state index contributed by atoms with van der Waals surface area (Å²) in [4.78, 5) is 36.8. The lowest BCUT2D eigenvalue weighted by Crippen LogP contribution is -2.36. The molecule has 0 saturated heterocycles. The number of carboxylic acid groups (broad SMARTS) is 1. The van der Waals surface area contributed by atoms with Gasteiger partial charge in [0.1, 0.15) is 6.54 Å². The third kappa shape index (κ3) is 3.75. The van der Waals surface area contributed by atoms with Gasteiger partial charge in [0.05, 0.1) is 11.4 Å². The number of carbonyl (C=O) groups excluding carboxylic acids is 2. The lowest BCUT2D eigenvalue weighted by Gasteiger charge is -2.22. The highest BCUT2D eigenvalue weighted by atomic mass is 32.2. The number of hydrogen-bond donors (Lipinski definition) is 2. The van der Waals surface area contributed by atoms with Gasteiger partial charge in [-0.1, -0.05) is 6.92 Å². The molecule has 0 aliphatic carbocycles. The van der Waals surface area contributed by atoms with E-state index in [0.29, 0.717) is 30.0 Å². The van der Waals surface area contributed by atoms with E-state index in [-0.39, 0.29) is 18.4 Å². The molecule has 1 aliphatic rings. The van der Waals surface area contributed by atoms with E-state index < -0.39 is 5.97 Å². The molecule has 2 N–H and O–H groups in total. The molecule has 112 valence electrons. The molecular formula is C14H16N2O4S. The summed E-state index contributed by atoms with van der Waals surface area (Å²) >= 11 is 1.42. The fourth-order valence-corrected chi connectivity index (χ4v) is 2.87. The van der Waals surface area contributed by atoms with Crippen molar-refractivity contribution in [2.24, 2.45) is 0 Å². The molecule has 1 aromatic carbocycles. The largest absolute Gasteiger partial charge is 0.480 e. The number of anilines is 1. The summed E-state index contributed by atoms with van der Waals surface area (Å²) in [6.45, 7) is 1.93. The maximum Gasteiger partial charge on any atom is 0.323 e. The van der Waals surface area contributed by atoms with Crippen LogP contribution >= 0.6 is 11.8 Å². The van der Waals surface area contributed by atoms with E-state index in [1.54, 1.807) is 18.2 Å². The number of nitrogens with one attached hydrogen (secondary N) is 1. The molecule has 0 saturated carbocycles. The van der Waals surface area contributed by atoms with Crippen LogP contribution < -0.4 is 5.32 Å². The van der Waals surface area contributed by atoms with E-state index in [1.165, 1.54) is 16.7 Å². The molecule has 1 heterocycles. The molecule has 0 atom stereocenters. The summed E-state index contributed by atoms with van der Waals surface area (Å²) in [6.07, 6.45) is 0.677. The average Bonchev–Trinajstić information content (AvgIpc) is 2.44. The summed E-state index contributed by atoms with van der Waals surface area (Å²) in [5, 5.41) is 11.6. The number of benzene rings is 1. The highest BCUT2D eigenvalue weighted by Gasteiger charge is 2.21. The quantitative estimate of drug-likeness (QED) is 0.864. The van der Waals surface area contributed by atoms with Gasteiger partial charge in [-0.15, -0.1) is 11.8 Å². The SMILES string of the molecule is CCCN(CC(=O)O)C(=O)c1ccc2c(c1)NC(=O)CS2. The Balaban J connectivity index is 2.23. The maximum absolute atomic E-state index is 12.4. The van der Waals surface area contributed by atoms with Crippen molar-refractivity contribution < 1.29 is 19.5 Å². The van der Waals surface area contributed by atoms with Crippen molar-refractivity contribution in [2.75, 3.05) is 24.2 Å². The van der Waals surface area contributed by atoms with Crippen LogP contribution in [-0.2, 0) is 9.59 Å². The minimum Gasteiger partial charge on any atom is -0.480 e. The second-order valence-electron chi connectivity index (χ2n) is 4.67. The van der Waals surface area contributed by atoms with Gasteiger partial charge in [0, 0.05) is 17.0 Å². The molecule has 6 nitrogen and oxygen atoms in total. The van der Waals surface area contributed by atoms with E-state index in [9.17, 15) is 14.4 Å². The molecule has 1 aromatic rings. The van der Waals surface area contributed by atoms with Crippen LogP contribution in [0.15, 0.2) is 23.1 Å². The molecule has 0 spiro atoms. The number of thioether (sulfide) groups is 1. The van der Waals surface area contributed by atoms with Crippen LogP contribution in [0.5, 0.6) is 0 Å². The number of hydrogen-bond acceptors (Lipinski definition) is 4. The second-order valence-corrected chi connectivity index (χ2v) is 5.69. The standard InChI is InChI=1S/C14H16N2O4S/c1-2-5-16(7-13(18)19)14(20)9-3-4-11-10(6-9)15-12(17)8-21-11/h3-4,6H,2,5,7-8H2,1H3,(H,15,17)(H,18,19). The number of rotatable bonds is 5. The molecule has 0 bridgehead atoms. The van der Waals surface area contributed by atoms with Crippen molar-refractivity contribution in [2.45, 2.75) is 18.2 Å². The molecule has 1 aliphatic heterocycles. The third-order valence-corrected chi connectivity index (χ3v) is 4.04. The van der Waals surface area contributed by atoms with Crippen LogP contribution in [-0.4, -0.2) is 46.6 Å². The van der Waals surface area contributed by atoms with Crippen molar-refractivity contribution in [1.29, 1.82) is 0 Å². The van der Waals surface area contributed by atoms with Gasteiger partial charge in [0.25, 0.3) is 5.91 Å². The van der Waals surface area contributed by atoms with Crippen molar-refractivity contribution in [1.82, 2.24) is 4.90 Å². The highest BCUT2D eigenvalue weighted by Crippen LogP contribution is 2.32. The van der Waals surface area contributed by atoms with E-state index in [1.807, 2.05) is 6.92 Å². The van der Waals surface area contributed by atoms with Crippen LogP contribution in [0, 0.1) is 0 Å². The first kappa shape index (κ1) is 15.4. The summed E-state index contributed by atoms with van der Waals surface area (Å²) in [6, 6.07) is 5.04. The van der Waals surface area contributed by atoms with Gasteiger partial charge in [-0.2, -0.15) is 0 Å². The molecule has 0 unspecified atom stereocenters. The number of carbonyl (C=O) groups is 3. The van der Waals surface area contributed by atoms with Crippen LogP contribution in [0.2, 0.25) is 0 Å². The van der Waals surface area contributed by atoms with Gasteiger partial charge in [0.2, 0.25) is 5.91 Å². The molecule has 0 aromatic heterocycles. The van der Waals surface area contributed by atoms with E-state index >= 15 is 0 Å². The lowest BCUT2D eigenvalue weighted by molar-refractivity contribution is -0.137. The van der Waals surface area contributed by atoms with Gasteiger partial charge in [-0.05, 0) is 24.6 Å². The van der Waals surface area contributed by atoms with Crippen LogP contribution in [0.4, 0.5) is 5.69 Å². The number of fused-ring (bicyclic) bond motifs is 1. The van der Waals surface area contributed by atoms with Crippen LogP contribution in [0.25, 0.3) is 0 Å². The molecule has 2 rings (SSSR count). The predicted octanol–water partition coefficient (Wildman–Crippen LogP) is 1.67. The van der Waals surface area contributed by atoms with Gasteiger partial charge < -0.3 is 15.3 Å². The smallest absolute Gasteiger partial charge is 0.323 e. The van der Waals surface area contributed by atoms with Crippen molar-refractivity contribution in [3.63, 3.8) is 0 Å². The van der Waals surface area contributed by atoms with Gasteiger partial charge >= 0.3 is 5.97 Å². The van der Waals surface area contributed by atoms with Crippen LogP contribution in [0.3, 0.4) is 0 Å². The summed E-state index contributed by atoms with van der Waals surface area (Å²) < 4.78 is 0. The molecule has 0 radical (unpaired) electrons. The Morgan fingerprint density at radius 1 is 1.43 bits per heavy atom. The molecule has 2 amide bonds. The van der Waals surface area contributed by atoms with E-state index in [2.05, 4.69) is 5.32 Å². The van der Waals surface area contributed by atoms with Crippen molar-refractivity contribution in [3.8, 4) is 0 Å². The Morgan fingerprint density at radius 2 is 2.19 bits per heavy atom. The number of aliphatic carboxylic acids is 1. The maximum atomic E-state index is 12.4. The first-order valence-corrected chi connectivity index (χ1v) is 7.57. The summed E-state index contributed by atoms with van der Waals surface area (Å²) in [7, 11) is 0. The fourth-order valence-electron chi connectivity index (χ4n) is 2.08. The normalized spacial score (nSPS) is 13.3. The average molecular weight is 308 g/mol. The van der Waals surface area contributed by atoms with Crippen molar-refractivity contribution >= 4 is 35.2 Å². The van der Waals surface area contributed by atoms with Crippen LogP contribution in [0.1, 0.15) is 23.7 Å². The monoisotopic (exact) mass is 308 g/mol. The first-order chi connectivity index (χ1) is 10.0. The Labute approximate surface area is 126 Å². The Kier molecular flexibility index (Phi) is 4.85. The van der Waals surface area contributed by atoms with Gasteiger partial charge in [-0.25, -0.2) is 0 Å². The number of nitrogens with zero attached hydrogens (tertiary/aromatic N) is 1. The topological polar surface area (TPSA) is 86.7 Å². The second kappa shape index (κ2) is 6.62. The number of amides is 2. The zero-order chi connectivity index (χ0) is 15.4. The molecular weight excluding hydrogens is 292 g/mol. The Bertz CT molecular complexity index is 588. The van der Waals surface area contributed by atoms with Crippen molar-refractivity contribution in [3.05, 3.63) is 23.8 Å². The summed E-state index contributed by atoms with van der Waals surface area (Å²) in [5.41, 5.74) is 0.986. The molecule has 0 fully saturated rings. The van der Waals surface area contributed by atoms with Gasteiger partial charge in [-0.3, -0.25) is 14.4 Å². The minimum atomic E-state index is -1.04. The van der Waals surface area contributed by atoms with E-state index in [0.717, 1.165) is 4.90 Å². The zero-order valence-electron chi connectivity index (χ0n) is 11.6. The Morgan fingerprint density at radius 3 is 2.86 bits per heavy atom. The third-order valence-electron chi connectivity index (χ3n) is 2.97.